The standard InChI is InChI=1S/C22H36O7/c1-11(23)29-17-12-6-7-13-20(5,27)14-8-15(24)18(2,3)22(14,28)16(25)9-21(13,17)10-19(12,4)26/h12-17,24-28H,6-10H2,1-5H3/t12-,13-,14+,15-,16-,17+,19+,20-,21+,22+/m0/s1. The topological polar surface area (TPSA) is 127 Å². The molecule has 2 bridgehead atoms. The molecule has 0 amide bonds. The van der Waals surface area contributed by atoms with Crippen LogP contribution in [0, 0.1) is 28.6 Å². The number of ether oxygens (including phenoxy) is 1. The van der Waals surface area contributed by atoms with Crippen molar-refractivity contribution in [3.05, 3.63) is 0 Å². The van der Waals surface area contributed by atoms with Crippen molar-refractivity contribution in [2.45, 2.75) is 102 Å². The van der Waals surface area contributed by atoms with Crippen LogP contribution >= 0.6 is 0 Å². The molecule has 10 atom stereocenters. The second kappa shape index (κ2) is 5.94. The van der Waals surface area contributed by atoms with Gasteiger partial charge in [-0.15, -0.1) is 0 Å². The number of hydrogen-bond acceptors (Lipinski definition) is 7. The number of hydrogen-bond donors (Lipinski definition) is 5. The first-order chi connectivity index (χ1) is 13.1. The van der Waals surface area contributed by atoms with E-state index < -0.39 is 57.8 Å². The smallest absolute Gasteiger partial charge is 0.302 e. The molecular formula is C22H36O7. The van der Waals surface area contributed by atoms with E-state index >= 15 is 0 Å². The quantitative estimate of drug-likeness (QED) is 0.402. The van der Waals surface area contributed by atoms with Crippen LogP contribution in [0.25, 0.3) is 0 Å². The summed E-state index contributed by atoms with van der Waals surface area (Å²) < 4.78 is 5.75. The lowest BCUT2D eigenvalue weighted by molar-refractivity contribution is -0.202. The van der Waals surface area contributed by atoms with E-state index in [9.17, 15) is 30.3 Å². The Labute approximate surface area is 172 Å². The molecular weight excluding hydrogens is 376 g/mol. The third kappa shape index (κ3) is 2.45. The lowest BCUT2D eigenvalue weighted by Gasteiger charge is -2.51. The van der Waals surface area contributed by atoms with E-state index in [4.69, 9.17) is 4.74 Å². The Bertz CT molecular complexity index is 716. The first-order valence-corrected chi connectivity index (χ1v) is 10.8. The average molecular weight is 413 g/mol. The highest BCUT2D eigenvalue weighted by molar-refractivity contribution is 5.66. The maximum Gasteiger partial charge on any atom is 0.302 e. The van der Waals surface area contributed by atoms with Crippen LogP contribution in [0.1, 0.15) is 66.7 Å². The summed E-state index contributed by atoms with van der Waals surface area (Å²) in [5, 5.41) is 57.0. The van der Waals surface area contributed by atoms with E-state index in [1.807, 2.05) is 0 Å². The molecule has 0 unspecified atom stereocenters. The van der Waals surface area contributed by atoms with E-state index in [1.165, 1.54) is 6.92 Å². The fourth-order valence-electron chi connectivity index (χ4n) is 8.14. The van der Waals surface area contributed by atoms with E-state index in [0.717, 1.165) is 0 Å². The molecule has 4 aliphatic carbocycles. The molecule has 0 aromatic carbocycles. The Morgan fingerprint density at radius 1 is 0.966 bits per heavy atom. The molecule has 0 aliphatic heterocycles. The molecule has 4 fully saturated rings. The maximum absolute atomic E-state index is 11.9. The van der Waals surface area contributed by atoms with Crippen molar-refractivity contribution in [2.24, 2.45) is 28.6 Å². The molecule has 7 heteroatoms. The van der Waals surface area contributed by atoms with Gasteiger partial charge in [0.15, 0.2) is 0 Å². The number of fused-ring (bicyclic) bond motifs is 2. The van der Waals surface area contributed by atoms with Crippen molar-refractivity contribution in [1.82, 2.24) is 0 Å². The van der Waals surface area contributed by atoms with Gasteiger partial charge < -0.3 is 30.3 Å². The summed E-state index contributed by atoms with van der Waals surface area (Å²) in [5.41, 5.74) is -6.08. The predicted octanol–water partition coefficient (Wildman–Crippen LogP) is 0.739. The van der Waals surface area contributed by atoms with Crippen molar-refractivity contribution >= 4 is 5.97 Å². The van der Waals surface area contributed by atoms with E-state index in [-0.39, 0.29) is 31.1 Å². The molecule has 4 aliphatic rings. The van der Waals surface area contributed by atoms with Crippen LogP contribution in [0.5, 0.6) is 0 Å². The van der Waals surface area contributed by atoms with Crippen LogP contribution in [-0.2, 0) is 9.53 Å². The molecule has 4 rings (SSSR count). The SMILES string of the molecule is CC(=O)O[C@@H]1[C@@H]2CC[C@H]3[C@](C)(O)[C@H]4C[C@H](O)C(C)(C)[C@]4(O)[C@@H](O)C[C@]13C[C@@]2(C)O. The van der Waals surface area contributed by atoms with Crippen molar-refractivity contribution in [2.75, 3.05) is 0 Å². The number of carbonyl (C=O) groups is 1. The monoisotopic (exact) mass is 412 g/mol. The number of rotatable bonds is 1. The van der Waals surface area contributed by atoms with Crippen molar-refractivity contribution < 1.29 is 35.1 Å². The largest absolute Gasteiger partial charge is 0.462 e. The fraction of sp³-hybridized carbons (Fsp3) is 0.955. The van der Waals surface area contributed by atoms with Crippen LogP contribution in [0.4, 0.5) is 0 Å². The molecule has 5 N–H and O–H groups in total. The molecule has 29 heavy (non-hydrogen) atoms. The minimum Gasteiger partial charge on any atom is -0.462 e. The predicted molar refractivity (Wildman–Crippen MR) is 104 cm³/mol. The second-order valence-electron chi connectivity index (χ2n) is 11.3. The van der Waals surface area contributed by atoms with Gasteiger partial charge in [0.2, 0.25) is 0 Å². The normalized spacial score (nSPS) is 58.3. The van der Waals surface area contributed by atoms with Gasteiger partial charge in [0, 0.05) is 29.6 Å². The highest BCUT2D eigenvalue weighted by Crippen LogP contribution is 2.70. The Hall–Kier alpha value is -0.730. The summed E-state index contributed by atoms with van der Waals surface area (Å²) in [5.74, 6) is -1.86. The number of aliphatic hydroxyl groups excluding tert-OH is 2. The Kier molecular flexibility index (Phi) is 4.41. The Morgan fingerprint density at radius 3 is 2.17 bits per heavy atom. The number of esters is 1. The maximum atomic E-state index is 11.9. The molecule has 0 aromatic rings. The highest BCUT2D eigenvalue weighted by atomic mass is 16.5. The molecule has 166 valence electrons. The Morgan fingerprint density at radius 2 is 1.59 bits per heavy atom. The van der Waals surface area contributed by atoms with Gasteiger partial charge in [0.1, 0.15) is 11.7 Å². The second-order valence-corrected chi connectivity index (χ2v) is 11.3. The van der Waals surface area contributed by atoms with Crippen molar-refractivity contribution in [3.8, 4) is 0 Å². The molecule has 0 heterocycles. The average Bonchev–Trinajstić information content (AvgIpc) is 2.80. The van der Waals surface area contributed by atoms with Crippen LogP contribution in [0.2, 0.25) is 0 Å². The molecule has 7 nitrogen and oxygen atoms in total. The first-order valence-electron chi connectivity index (χ1n) is 10.8. The molecule has 0 saturated heterocycles. The summed E-state index contributed by atoms with van der Waals surface area (Å²) in [6, 6.07) is 0. The summed E-state index contributed by atoms with van der Waals surface area (Å²) in [4.78, 5) is 11.9. The van der Waals surface area contributed by atoms with Gasteiger partial charge in [-0.25, -0.2) is 0 Å². The van der Waals surface area contributed by atoms with Crippen LogP contribution < -0.4 is 0 Å². The third-order valence-corrected chi connectivity index (χ3v) is 9.52. The molecule has 4 saturated carbocycles. The van der Waals surface area contributed by atoms with Gasteiger partial charge in [-0.05, 0) is 51.9 Å². The minimum atomic E-state index is -1.70. The van der Waals surface area contributed by atoms with E-state index in [2.05, 4.69) is 0 Å². The zero-order valence-corrected chi connectivity index (χ0v) is 18.1. The highest BCUT2D eigenvalue weighted by Gasteiger charge is 2.77. The van der Waals surface area contributed by atoms with Gasteiger partial charge >= 0.3 is 5.97 Å². The van der Waals surface area contributed by atoms with E-state index in [0.29, 0.717) is 12.8 Å². The van der Waals surface area contributed by atoms with Gasteiger partial charge in [0.25, 0.3) is 0 Å². The Balaban J connectivity index is 1.90. The lowest BCUT2D eigenvalue weighted by atomic mass is 9.57. The zero-order valence-electron chi connectivity index (χ0n) is 18.1. The van der Waals surface area contributed by atoms with Crippen LogP contribution in [0.3, 0.4) is 0 Å². The van der Waals surface area contributed by atoms with Gasteiger partial charge in [-0.2, -0.15) is 0 Å². The first kappa shape index (κ1) is 21.5. The van der Waals surface area contributed by atoms with Crippen LogP contribution in [0.15, 0.2) is 0 Å². The van der Waals surface area contributed by atoms with Gasteiger partial charge in [-0.1, -0.05) is 13.8 Å². The third-order valence-electron chi connectivity index (χ3n) is 9.52. The minimum absolute atomic E-state index is 0.0988. The zero-order chi connectivity index (χ0) is 21.8. The van der Waals surface area contributed by atoms with Crippen molar-refractivity contribution in [1.29, 1.82) is 0 Å². The summed E-state index contributed by atoms with van der Waals surface area (Å²) in [7, 11) is 0. The van der Waals surface area contributed by atoms with Gasteiger partial charge in [-0.3, -0.25) is 4.79 Å². The molecule has 0 radical (unpaired) electrons. The summed E-state index contributed by atoms with van der Waals surface area (Å²) >= 11 is 0. The number of carbonyl (C=O) groups excluding carboxylic acids is 1. The van der Waals surface area contributed by atoms with Crippen molar-refractivity contribution in [3.63, 3.8) is 0 Å². The molecule has 0 aromatic heterocycles. The molecule has 1 spiro atoms. The number of aliphatic hydroxyl groups is 5. The fourth-order valence-corrected chi connectivity index (χ4v) is 8.14. The van der Waals surface area contributed by atoms with E-state index in [1.54, 1.807) is 27.7 Å². The van der Waals surface area contributed by atoms with Gasteiger partial charge in [0.05, 0.1) is 23.4 Å². The summed E-state index contributed by atoms with van der Waals surface area (Å²) in [6.45, 7) is 8.20. The lowest BCUT2D eigenvalue weighted by Crippen LogP contribution is -2.60. The van der Waals surface area contributed by atoms with Crippen LogP contribution in [-0.4, -0.2) is 66.6 Å². The summed E-state index contributed by atoms with van der Waals surface area (Å²) in [6.07, 6.45) is -0.985.